The maximum absolute atomic E-state index is 13.0. The number of carbonyl (C=O) groups is 1. The van der Waals surface area contributed by atoms with Crippen LogP contribution in [0.3, 0.4) is 0 Å². The summed E-state index contributed by atoms with van der Waals surface area (Å²) in [6.45, 7) is 1.61. The number of amides is 1. The molecule has 128 valence electrons. The number of piperidine rings is 1. The van der Waals surface area contributed by atoms with E-state index in [9.17, 15) is 18.0 Å². The van der Waals surface area contributed by atoms with Gasteiger partial charge in [-0.25, -0.2) is 0 Å². The van der Waals surface area contributed by atoms with E-state index in [1.807, 2.05) is 11.2 Å². The van der Waals surface area contributed by atoms with Gasteiger partial charge in [-0.05, 0) is 43.7 Å². The molecule has 0 aliphatic carbocycles. The standard InChI is InChI=1S/C16H21F3N2OS/c1-23-10-7-15(22)20-13-11-12(16(17,18)19)5-6-14(13)21-8-3-2-4-9-21/h5-6,11H,2-4,7-10H2,1H3,(H,20,22). The zero-order valence-corrected chi connectivity index (χ0v) is 13.9. The molecule has 7 heteroatoms. The summed E-state index contributed by atoms with van der Waals surface area (Å²) in [5.74, 6) is 0.390. The lowest BCUT2D eigenvalue weighted by Gasteiger charge is -2.31. The van der Waals surface area contributed by atoms with Crippen molar-refractivity contribution in [3.8, 4) is 0 Å². The molecule has 1 heterocycles. The molecule has 0 spiro atoms. The Labute approximate surface area is 138 Å². The van der Waals surface area contributed by atoms with Gasteiger partial charge in [0.1, 0.15) is 0 Å². The molecule has 2 rings (SSSR count). The summed E-state index contributed by atoms with van der Waals surface area (Å²) in [5, 5.41) is 2.66. The lowest BCUT2D eigenvalue weighted by atomic mass is 10.1. The van der Waals surface area contributed by atoms with E-state index in [1.54, 1.807) is 0 Å². The summed E-state index contributed by atoms with van der Waals surface area (Å²) >= 11 is 1.53. The number of carbonyl (C=O) groups excluding carboxylic acids is 1. The molecule has 0 saturated carbocycles. The Morgan fingerprint density at radius 3 is 2.57 bits per heavy atom. The molecule has 0 atom stereocenters. The summed E-state index contributed by atoms with van der Waals surface area (Å²) in [7, 11) is 0. The van der Waals surface area contributed by atoms with Gasteiger partial charge in [0.05, 0.1) is 16.9 Å². The largest absolute Gasteiger partial charge is 0.416 e. The van der Waals surface area contributed by atoms with Gasteiger partial charge >= 0.3 is 6.18 Å². The summed E-state index contributed by atoms with van der Waals surface area (Å²) in [6.07, 6.45) is 0.918. The third-order valence-electron chi connectivity index (χ3n) is 3.83. The highest BCUT2D eigenvalue weighted by Crippen LogP contribution is 2.36. The second kappa shape index (κ2) is 7.95. The first-order chi connectivity index (χ1) is 10.9. The van der Waals surface area contributed by atoms with Crippen molar-refractivity contribution in [2.24, 2.45) is 0 Å². The van der Waals surface area contributed by atoms with Gasteiger partial charge in [-0.3, -0.25) is 4.79 Å². The second-order valence-electron chi connectivity index (χ2n) is 5.57. The van der Waals surface area contributed by atoms with Crippen molar-refractivity contribution >= 4 is 29.0 Å². The van der Waals surface area contributed by atoms with Gasteiger partial charge < -0.3 is 10.2 Å². The molecule has 1 aromatic carbocycles. The Morgan fingerprint density at radius 1 is 1.26 bits per heavy atom. The Morgan fingerprint density at radius 2 is 1.96 bits per heavy atom. The zero-order valence-electron chi connectivity index (χ0n) is 13.1. The van der Waals surface area contributed by atoms with Gasteiger partial charge in [0.25, 0.3) is 0 Å². The van der Waals surface area contributed by atoms with Gasteiger partial charge in [-0.1, -0.05) is 0 Å². The average molecular weight is 346 g/mol. The first-order valence-electron chi connectivity index (χ1n) is 7.67. The van der Waals surface area contributed by atoms with Crippen LogP contribution in [0.25, 0.3) is 0 Å². The molecule has 0 bridgehead atoms. The van der Waals surface area contributed by atoms with Crippen LogP contribution in [0.4, 0.5) is 24.5 Å². The topological polar surface area (TPSA) is 32.3 Å². The highest BCUT2D eigenvalue weighted by Gasteiger charge is 2.31. The van der Waals surface area contributed by atoms with E-state index in [0.717, 1.165) is 44.5 Å². The quantitative estimate of drug-likeness (QED) is 0.858. The smallest absolute Gasteiger partial charge is 0.370 e. The number of anilines is 2. The van der Waals surface area contributed by atoms with E-state index in [0.29, 0.717) is 11.4 Å². The maximum atomic E-state index is 13.0. The Balaban J connectivity index is 2.27. The Bertz CT molecular complexity index is 543. The van der Waals surface area contributed by atoms with E-state index in [2.05, 4.69) is 5.32 Å². The predicted molar refractivity (Wildman–Crippen MR) is 89.1 cm³/mol. The van der Waals surface area contributed by atoms with Crippen molar-refractivity contribution in [1.29, 1.82) is 0 Å². The third kappa shape index (κ3) is 5.06. The van der Waals surface area contributed by atoms with Crippen molar-refractivity contribution in [2.75, 3.05) is 35.3 Å². The molecule has 1 aromatic rings. The molecule has 0 unspecified atom stereocenters. The highest BCUT2D eigenvalue weighted by molar-refractivity contribution is 7.98. The fourth-order valence-electron chi connectivity index (χ4n) is 2.63. The molecule has 0 radical (unpaired) electrons. The van der Waals surface area contributed by atoms with Crippen LogP contribution < -0.4 is 10.2 Å². The van der Waals surface area contributed by atoms with Crippen LogP contribution in [0.15, 0.2) is 18.2 Å². The summed E-state index contributed by atoms with van der Waals surface area (Å²) in [5.41, 5.74) is 0.196. The zero-order chi connectivity index (χ0) is 16.9. The van der Waals surface area contributed by atoms with E-state index in [4.69, 9.17) is 0 Å². The first kappa shape index (κ1) is 18.0. The molecule has 3 nitrogen and oxygen atoms in total. The van der Waals surface area contributed by atoms with E-state index < -0.39 is 11.7 Å². The van der Waals surface area contributed by atoms with Crippen LogP contribution in [0, 0.1) is 0 Å². The summed E-state index contributed by atoms with van der Waals surface area (Å²) in [6, 6.07) is 3.60. The van der Waals surface area contributed by atoms with Crippen molar-refractivity contribution in [1.82, 2.24) is 0 Å². The maximum Gasteiger partial charge on any atom is 0.416 e. The van der Waals surface area contributed by atoms with Gasteiger partial charge in [0, 0.05) is 25.3 Å². The number of benzene rings is 1. The monoisotopic (exact) mass is 346 g/mol. The fraction of sp³-hybridized carbons (Fsp3) is 0.562. The van der Waals surface area contributed by atoms with Gasteiger partial charge in [0.15, 0.2) is 0 Å². The minimum atomic E-state index is -4.42. The fourth-order valence-corrected chi connectivity index (χ4v) is 3.02. The van der Waals surface area contributed by atoms with Crippen LogP contribution in [0.1, 0.15) is 31.2 Å². The van der Waals surface area contributed by atoms with Gasteiger partial charge in [-0.2, -0.15) is 24.9 Å². The number of thioether (sulfide) groups is 1. The lowest BCUT2D eigenvalue weighted by Crippen LogP contribution is -2.30. The summed E-state index contributed by atoms with van der Waals surface area (Å²) < 4.78 is 38.9. The predicted octanol–water partition coefficient (Wildman–Crippen LogP) is 4.39. The summed E-state index contributed by atoms with van der Waals surface area (Å²) in [4.78, 5) is 14.0. The Kier molecular flexibility index (Phi) is 6.21. The molecule has 1 aliphatic heterocycles. The highest BCUT2D eigenvalue weighted by atomic mass is 32.2. The third-order valence-corrected chi connectivity index (χ3v) is 4.44. The molecule has 1 aliphatic rings. The second-order valence-corrected chi connectivity index (χ2v) is 6.55. The normalized spacial score (nSPS) is 15.6. The van der Waals surface area contributed by atoms with Crippen LogP contribution in [0.5, 0.6) is 0 Å². The number of alkyl halides is 3. The molecule has 1 amide bonds. The molecule has 0 aromatic heterocycles. The van der Waals surface area contributed by atoms with Gasteiger partial charge in [-0.15, -0.1) is 0 Å². The first-order valence-corrected chi connectivity index (χ1v) is 9.06. The van der Waals surface area contributed by atoms with Crippen molar-refractivity contribution < 1.29 is 18.0 Å². The van der Waals surface area contributed by atoms with Crippen LogP contribution in [-0.2, 0) is 11.0 Å². The van der Waals surface area contributed by atoms with Crippen LogP contribution >= 0.6 is 11.8 Å². The SMILES string of the molecule is CSCCC(=O)Nc1cc(C(F)(F)F)ccc1N1CCCCC1. The lowest BCUT2D eigenvalue weighted by molar-refractivity contribution is -0.137. The molecule has 23 heavy (non-hydrogen) atoms. The molecule has 1 saturated heterocycles. The number of rotatable bonds is 5. The molecular weight excluding hydrogens is 325 g/mol. The van der Waals surface area contributed by atoms with Crippen molar-refractivity contribution in [3.05, 3.63) is 23.8 Å². The Hall–Kier alpha value is -1.37. The molecule has 1 N–H and O–H groups in total. The number of nitrogens with zero attached hydrogens (tertiary/aromatic N) is 1. The number of nitrogens with one attached hydrogen (secondary N) is 1. The molecule has 1 fully saturated rings. The minimum absolute atomic E-state index is 0.253. The van der Waals surface area contributed by atoms with E-state index in [1.165, 1.54) is 17.8 Å². The number of hydrogen-bond acceptors (Lipinski definition) is 3. The number of hydrogen-bond donors (Lipinski definition) is 1. The van der Waals surface area contributed by atoms with E-state index >= 15 is 0 Å². The molecular formula is C16H21F3N2OS. The van der Waals surface area contributed by atoms with E-state index in [-0.39, 0.29) is 18.0 Å². The van der Waals surface area contributed by atoms with Crippen molar-refractivity contribution in [3.63, 3.8) is 0 Å². The minimum Gasteiger partial charge on any atom is -0.370 e. The van der Waals surface area contributed by atoms with Gasteiger partial charge in [0.2, 0.25) is 5.91 Å². The van der Waals surface area contributed by atoms with Crippen LogP contribution in [-0.4, -0.2) is 31.0 Å². The van der Waals surface area contributed by atoms with Crippen LogP contribution in [0.2, 0.25) is 0 Å². The average Bonchev–Trinajstić information content (AvgIpc) is 2.53. The number of halogens is 3. The van der Waals surface area contributed by atoms with Crippen molar-refractivity contribution in [2.45, 2.75) is 31.9 Å².